The Morgan fingerprint density at radius 2 is 1.80 bits per heavy atom. The SMILES string of the molecule is COc1ccc2c(c1)CCc1cc(C(=O)OCC(=O)N(CCC#N)CCC#N)sc1-2. The molecule has 0 spiro atoms. The number of hydrogen-bond donors (Lipinski definition) is 0. The van der Waals surface area contributed by atoms with Crippen LogP contribution < -0.4 is 4.74 Å². The lowest BCUT2D eigenvalue weighted by molar-refractivity contribution is -0.134. The van der Waals surface area contributed by atoms with E-state index in [4.69, 9.17) is 20.0 Å². The summed E-state index contributed by atoms with van der Waals surface area (Å²) in [6.07, 6.45) is 2.02. The molecule has 1 amide bonds. The second-order valence-corrected chi connectivity index (χ2v) is 7.81. The van der Waals surface area contributed by atoms with Crippen molar-refractivity contribution < 1.29 is 19.1 Å². The number of amides is 1. The van der Waals surface area contributed by atoms with Crippen LogP contribution in [0.1, 0.15) is 33.6 Å². The molecule has 7 nitrogen and oxygen atoms in total. The maximum Gasteiger partial charge on any atom is 0.348 e. The summed E-state index contributed by atoms with van der Waals surface area (Å²) in [5.74, 6) is -0.143. The minimum Gasteiger partial charge on any atom is -0.497 e. The van der Waals surface area contributed by atoms with Gasteiger partial charge in [-0.05, 0) is 53.8 Å². The van der Waals surface area contributed by atoms with E-state index >= 15 is 0 Å². The predicted molar refractivity (Wildman–Crippen MR) is 111 cm³/mol. The van der Waals surface area contributed by atoms with Crippen LogP contribution in [0.25, 0.3) is 10.4 Å². The van der Waals surface area contributed by atoms with Gasteiger partial charge < -0.3 is 14.4 Å². The first-order chi connectivity index (χ1) is 14.6. The van der Waals surface area contributed by atoms with Crippen LogP contribution in [0.4, 0.5) is 0 Å². The van der Waals surface area contributed by atoms with Gasteiger partial charge in [0.2, 0.25) is 0 Å². The van der Waals surface area contributed by atoms with Gasteiger partial charge in [0.05, 0.1) is 32.1 Å². The molecule has 154 valence electrons. The largest absolute Gasteiger partial charge is 0.497 e. The number of nitriles is 2. The first kappa shape index (κ1) is 21.4. The average Bonchev–Trinajstić information content (AvgIpc) is 3.21. The van der Waals surface area contributed by atoms with E-state index in [9.17, 15) is 9.59 Å². The van der Waals surface area contributed by atoms with Gasteiger partial charge >= 0.3 is 5.97 Å². The van der Waals surface area contributed by atoms with E-state index in [0.717, 1.165) is 34.6 Å². The molecule has 0 saturated carbocycles. The Bertz CT molecular complexity index is 1010. The number of carbonyl (C=O) groups is 2. The molecule has 0 fully saturated rings. The molecule has 1 aromatic carbocycles. The summed E-state index contributed by atoms with van der Waals surface area (Å²) in [7, 11) is 1.64. The Balaban J connectivity index is 1.67. The van der Waals surface area contributed by atoms with Gasteiger partial charge in [0.25, 0.3) is 5.91 Å². The lowest BCUT2D eigenvalue weighted by Gasteiger charge is -2.19. The summed E-state index contributed by atoms with van der Waals surface area (Å²) in [4.78, 5) is 27.7. The summed E-state index contributed by atoms with van der Waals surface area (Å²) in [6, 6.07) is 11.7. The topological polar surface area (TPSA) is 103 Å². The van der Waals surface area contributed by atoms with E-state index < -0.39 is 18.5 Å². The highest BCUT2D eigenvalue weighted by Gasteiger charge is 2.23. The lowest BCUT2D eigenvalue weighted by Crippen LogP contribution is -2.36. The van der Waals surface area contributed by atoms with Gasteiger partial charge in [-0.3, -0.25) is 4.79 Å². The molecule has 1 heterocycles. The third kappa shape index (κ3) is 4.79. The van der Waals surface area contributed by atoms with Crippen LogP contribution in [0.15, 0.2) is 24.3 Å². The van der Waals surface area contributed by atoms with E-state index in [-0.39, 0.29) is 25.9 Å². The number of aryl methyl sites for hydroxylation is 2. The quantitative estimate of drug-likeness (QED) is 0.603. The fourth-order valence-electron chi connectivity index (χ4n) is 3.36. The van der Waals surface area contributed by atoms with Crippen molar-refractivity contribution in [1.29, 1.82) is 10.5 Å². The Hall–Kier alpha value is -3.36. The number of esters is 1. The molecule has 3 rings (SSSR count). The fraction of sp³-hybridized carbons (Fsp3) is 0.364. The van der Waals surface area contributed by atoms with Crippen molar-refractivity contribution >= 4 is 23.2 Å². The fourth-order valence-corrected chi connectivity index (χ4v) is 4.52. The highest BCUT2D eigenvalue weighted by molar-refractivity contribution is 7.17. The van der Waals surface area contributed by atoms with Gasteiger partial charge in [-0.1, -0.05) is 0 Å². The van der Waals surface area contributed by atoms with E-state index in [1.807, 2.05) is 36.4 Å². The molecule has 30 heavy (non-hydrogen) atoms. The third-order valence-corrected chi connectivity index (χ3v) is 6.09. The van der Waals surface area contributed by atoms with Crippen molar-refractivity contribution in [2.45, 2.75) is 25.7 Å². The molecule has 0 aliphatic heterocycles. The third-order valence-electron chi connectivity index (χ3n) is 4.90. The number of nitrogens with zero attached hydrogens (tertiary/aromatic N) is 3. The normalized spacial score (nSPS) is 11.4. The summed E-state index contributed by atoms with van der Waals surface area (Å²) >= 11 is 1.36. The van der Waals surface area contributed by atoms with Gasteiger partial charge in [-0.15, -0.1) is 11.3 Å². The molecule has 1 aliphatic carbocycles. The Labute approximate surface area is 179 Å². The second-order valence-electron chi connectivity index (χ2n) is 6.76. The monoisotopic (exact) mass is 423 g/mol. The molecule has 0 bridgehead atoms. The highest BCUT2D eigenvalue weighted by Crippen LogP contribution is 2.40. The van der Waals surface area contributed by atoms with Crippen LogP contribution in [0, 0.1) is 22.7 Å². The van der Waals surface area contributed by atoms with E-state index in [2.05, 4.69) is 0 Å². The van der Waals surface area contributed by atoms with Crippen LogP contribution in [0.5, 0.6) is 5.75 Å². The van der Waals surface area contributed by atoms with Gasteiger partial charge in [-0.2, -0.15) is 10.5 Å². The molecule has 0 unspecified atom stereocenters. The van der Waals surface area contributed by atoms with Crippen LogP contribution in [0.2, 0.25) is 0 Å². The van der Waals surface area contributed by atoms with Gasteiger partial charge in [0.1, 0.15) is 10.6 Å². The predicted octanol–water partition coefficient (Wildman–Crippen LogP) is 3.34. The molecule has 0 radical (unpaired) electrons. The van der Waals surface area contributed by atoms with E-state index in [1.54, 1.807) is 7.11 Å². The molecule has 0 saturated heterocycles. The Kier molecular flexibility index (Phi) is 7.05. The molecule has 2 aromatic rings. The van der Waals surface area contributed by atoms with Crippen LogP contribution in [-0.4, -0.2) is 43.6 Å². The van der Waals surface area contributed by atoms with Crippen molar-refractivity contribution in [2.75, 3.05) is 26.8 Å². The number of carbonyl (C=O) groups excluding carboxylic acids is 2. The minimum atomic E-state index is -0.543. The van der Waals surface area contributed by atoms with E-state index in [1.165, 1.54) is 21.8 Å². The van der Waals surface area contributed by atoms with Gasteiger partial charge in [0, 0.05) is 18.0 Å². The molecular weight excluding hydrogens is 402 g/mol. The Morgan fingerprint density at radius 1 is 1.10 bits per heavy atom. The smallest absolute Gasteiger partial charge is 0.348 e. The summed E-state index contributed by atoms with van der Waals surface area (Å²) in [5, 5.41) is 17.4. The van der Waals surface area contributed by atoms with Gasteiger partial charge in [-0.25, -0.2) is 4.79 Å². The summed E-state index contributed by atoms with van der Waals surface area (Å²) < 4.78 is 10.5. The Morgan fingerprint density at radius 3 is 2.47 bits per heavy atom. The zero-order valence-corrected chi connectivity index (χ0v) is 17.5. The first-order valence-electron chi connectivity index (χ1n) is 9.56. The first-order valence-corrected chi connectivity index (χ1v) is 10.4. The number of thiophene rings is 1. The number of hydrogen-bond acceptors (Lipinski definition) is 7. The standard InChI is InChI=1S/C22H21N3O4S/c1-28-17-6-7-18-15(12-17)4-5-16-13-19(30-21(16)18)22(27)29-14-20(26)25(10-2-8-23)11-3-9-24/h6-7,12-13H,2-5,10-11,14H2,1H3. The van der Waals surface area contributed by atoms with Crippen molar-refractivity contribution in [3.8, 4) is 28.3 Å². The van der Waals surface area contributed by atoms with Crippen LogP contribution >= 0.6 is 11.3 Å². The summed E-state index contributed by atoms with van der Waals surface area (Å²) in [5.41, 5.74) is 3.38. The van der Waals surface area contributed by atoms with Crippen molar-refractivity contribution in [3.05, 3.63) is 40.3 Å². The second kappa shape index (κ2) is 9.91. The van der Waals surface area contributed by atoms with Crippen molar-refractivity contribution in [3.63, 3.8) is 0 Å². The average molecular weight is 423 g/mol. The van der Waals surface area contributed by atoms with Crippen LogP contribution in [0.3, 0.4) is 0 Å². The van der Waals surface area contributed by atoms with Gasteiger partial charge in [0.15, 0.2) is 6.61 Å². The number of ether oxygens (including phenoxy) is 2. The molecule has 1 aliphatic rings. The van der Waals surface area contributed by atoms with Crippen molar-refractivity contribution in [2.24, 2.45) is 0 Å². The minimum absolute atomic E-state index is 0.160. The maximum atomic E-state index is 12.5. The number of rotatable bonds is 8. The molecule has 0 atom stereocenters. The maximum absolute atomic E-state index is 12.5. The molecule has 1 aromatic heterocycles. The summed E-state index contributed by atoms with van der Waals surface area (Å²) in [6.45, 7) is 0.0102. The zero-order chi connectivity index (χ0) is 21.5. The number of methoxy groups -OCH3 is 1. The van der Waals surface area contributed by atoms with Crippen molar-refractivity contribution in [1.82, 2.24) is 4.90 Å². The zero-order valence-electron chi connectivity index (χ0n) is 16.6. The molecule has 0 N–H and O–H groups in total. The van der Waals surface area contributed by atoms with E-state index in [0.29, 0.717) is 4.88 Å². The molecule has 8 heteroatoms. The highest BCUT2D eigenvalue weighted by atomic mass is 32.1. The van der Waals surface area contributed by atoms with Crippen LogP contribution in [-0.2, 0) is 22.4 Å². The number of fused-ring (bicyclic) bond motifs is 3. The molecular formula is C22H21N3O4S. The number of benzene rings is 1. The lowest BCUT2D eigenvalue weighted by atomic mass is 9.91.